The summed E-state index contributed by atoms with van der Waals surface area (Å²) in [6, 6.07) is 12.6. The molecule has 4 heteroatoms. The molecule has 4 nitrogen and oxygen atoms in total. The molecule has 0 aliphatic rings. The van der Waals surface area contributed by atoms with E-state index in [-0.39, 0.29) is 11.4 Å². The molecule has 0 radical (unpaired) electrons. The number of aromatic hydroxyl groups is 1. The van der Waals surface area contributed by atoms with Crippen LogP contribution in [0.1, 0.15) is 5.56 Å². The Morgan fingerprint density at radius 2 is 1.83 bits per heavy atom. The number of aromatic nitrogens is 2. The molecule has 0 bridgehead atoms. The van der Waals surface area contributed by atoms with Gasteiger partial charge in [-0.05, 0) is 31.2 Å². The zero-order valence-corrected chi connectivity index (χ0v) is 9.84. The third-order valence-corrected chi connectivity index (χ3v) is 2.98. The van der Waals surface area contributed by atoms with Crippen LogP contribution in [-0.2, 0) is 0 Å². The van der Waals surface area contributed by atoms with E-state index in [4.69, 9.17) is 0 Å². The van der Waals surface area contributed by atoms with Gasteiger partial charge in [0.05, 0.1) is 11.2 Å². The van der Waals surface area contributed by atoms with Gasteiger partial charge in [-0.3, -0.25) is 4.57 Å². The van der Waals surface area contributed by atoms with Gasteiger partial charge in [-0.2, -0.15) is 0 Å². The van der Waals surface area contributed by atoms with Crippen molar-refractivity contribution in [3.05, 3.63) is 58.5 Å². The number of nitrogens with zero attached hydrogens (tertiary/aromatic N) is 1. The van der Waals surface area contributed by atoms with Gasteiger partial charge in [0.1, 0.15) is 11.3 Å². The minimum Gasteiger partial charge on any atom is -0.506 e. The lowest BCUT2D eigenvalue weighted by Gasteiger charge is -2.04. The van der Waals surface area contributed by atoms with Crippen LogP contribution in [-0.4, -0.2) is 14.7 Å². The van der Waals surface area contributed by atoms with E-state index in [1.165, 1.54) is 4.57 Å². The lowest BCUT2D eigenvalue weighted by molar-refractivity contribution is 0.479. The van der Waals surface area contributed by atoms with Crippen molar-refractivity contribution in [3.63, 3.8) is 0 Å². The van der Waals surface area contributed by atoms with Gasteiger partial charge in [-0.1, -0.05) is 23.8 Å². The molecule has 0 aliphatic carbocycles. The molecule has 0 fully saturated rings. The van der Waals surface area contributed by atoms with Crippen LogP contribution in [0.3, 0.4) is 0 Å². The molecule has 2 aromatic carbocycles. The fraction of sp³-hybridized carbons (Fsp3) is 0.0714. The number of aryl methyl sites for hydroxylation is 1. The van der Waals surface area contributed by atoms with Crippen LogP contribution in [0.5, 0.6) is 5.75 Å². The largest absolute Gasteiger partial charge is 0.506 e. The Labute approximate surface area is 103 Å². The average Bonchev–Trinajstić information content (AvgIpc) is 2.68. The summed E-state index contributed by atoms with van der Waals surface area (Å²) in [5.74, 6) is 0.0893. The summed E-state index contributed by atoms with van der Waals surface area (Å²) >= 11 is 0. The van der Waals surface area contributed by atoms with Crippen LogP contribution < -0.4 is 5.69 Å². The molecule has 1 heterocycles. The number of hydrogen-bond acceptors (Lipinski definition) is 2. The van der Waals surface area contributed by atoms with Gasteiger partial charge in [-0.15, -0.1) is 0 Å². The van der Waals surface area contributed by atoms with Gasteiger partial charge >= 0.3 is 5.69 Å². The first-order chi connectivity index (χ1) is 8.66. The Bertz CT molecular complexity index is 767. The van der Waals surface area contributed by atoms with E-state index >= 15 is 0 Å². The van der Waals surface area contributed by atoms with E-state index in [1.54, 1.807) is 18.2 Å². The first-order valence-corrected chi connectivity index (χ1v) is 5.66. The quantitative estimate of drug-likeness (QED) is 0.685. The Morgan fingerprint density at radius 3 is 2.56 bits per heavy atom. The molecule has 0 spiro atoms. The Balaban J connectivity index is 2.38. The molecular formula is C14H12N2O2. The molecule has 3 rings (SSSR count). The molecular weight excluding hydrogens is 228 g/mol. The van der Waals surface area contributed by atoms with Gasteiger partial charge in [0.2, 0.25) is 0 Å². The fourth-order valence-corrected chi connectivity index (χ4v) is 2.08. The molecule has 0 amide bonds. The van der Waals surface area contributed by atoms with Crippen molar-refractivity contribution in [3.8, 4) is 11.4 Å². The van der Waals surface area contributed by atoms with Crippen LogP contribution in [0.25, 0.3) is 16.7 Å². The van der Waals surface area contributed by atoms with E-state index in [0.29, 0.717) is 11.0 Å². The first kappa shape index (κ1) is 10.7. The van der Waals surface area contributed by atoms with Gasteiger partial charge in [0.15, 0.2) is 0 Å². The molecule has 0 aliphatic heterocycles. The second kappa shape index (κ2) is 3.77. The topological polar surface area (TPSA) is 58.0 Å². The molecule has 0 saturated heterocycles. The van der Waals surface area contributed by atoms with E-state index in [2.05, 4.69) is 4.98 Å². The summed E-state index contributed by atoms with van der Waals surface area (Å²) in [5.41, 5.74) is 2.73. The van der Waals surface area contributed by atoms with Crippen LogP contribution in [0.4, 0.5) is 0 Å². The van der Waals surface area contributed by atoms with Crippen molar-refractivity contribution < 1.29 is 5.11 Å². The molecule has 18 heavy (non-hydrogen) atoms. The van der Waals surface area contributed by atoms with Crippen molar-refractivity contribution in [1.82, 2.24) is 9.55 Å². The normalized spacial score (nSPS) is 10.9. The maximum absolute atomic E-state index is 12.0. The number of para-hydroxylation sites is 1. The Hall–Kier alpha value is -2.49. The number of H-pyrrole nitrogens is 1. The summed E-state index contributed by atoms with van der Waals surface area (Å²) < 4.78 is 1.48. The minimum absolute atomic E-state index is 0.0893. The van der Waals surface area contributed by atoms with Gasteiger partial charge < -0.3 is 10.1 Å². The lowest BCUT2D eigenvalue weighted by atomic mass is 10.2. The van der Waals surface area contributed by atoms with Gasteiger partial charge in [-0.25, -0.2) is 4.79 Å². The Kier molecular flexibility index (Phi) is 2.23. The van der Waals surface area contributed by atoms with Crippen molar-refractivity contribution in [2.75, 3.05) is 0 Å². The second-order valence-electron chi connectivity index (χ2n) is 4.27. The molecule has 2 N–H and O–H groups in total. The van der Waals surface area contributed by atoms with Crippen molar-refractivity contribution >= 4 is 11.0 Å². The zero-order chi connectivity index (χ0) is 12.7. The highest BCUT2D eigenvalue weighted by molar-refractivity contribution is 5.83. The first-order valence-electron chi connectivity index (χ1n) is 5.66. The molecule has 0 atom stereocenters. The van der Waals surface area contributed by atoms with Crippen molar-refractivity contribution in [2.45, 2.75) is 6.92 Å². The van der Waals surface area contributed by atoms with Gasteiger partial charge in [0.25, 0.3) is 0 Å². The standard InChI is InChI=1S/C14H12N2O2/c1-9-5-7-10(8-6-9)16-13-11(15-14(16)18)3-2-4-12(13)17/h2-8,17H,1H3,(H,15,18). The van der Waals surface area contributed by atoms with E-state index < -0.39 is 0 Å². The second-order valence-corrected chi connectivity index (χ2v) is 4.27. The van der Waals surface area contributed by atoms with Crippen molar-refractivity contribution in [1.29, 1.82) is 0 Å². The maximum atomic E-state index is 12.0. The summed E-state index contributed by atoms with van der Waals surface area (Å²) in [6.07, 6.45) is 0. The predicted octanol–water partition coefficient (Wildman–Crippen LogP) is 2.33. The average molecular weight is 240 g/mol. The number of phenols is 1. The third-order valence-electron chi connectivity index (χ3n) is 2.98. The number of fused-ring (bicyclic) bond motifs is 1. The highest BCUT2D eigenvalue weighted by atomic mass is 16.3. The van der Waals surface area contributed by atoms with Crippen LogP contribution in [0.2, 0.25) is 0 Å². The fourth-order valence-electron chi connectivity index (χ4n) is 2.08. The molecule has 1 aromatic heterocycles. The number of rotatable bonds is 1. The van der Waals surface area contributed by atoms with Gasteiger partial charge in [0, 0.05) is 0 Å². The van der Waals surface area contributed by atoms with Crippen LogP contribution in [0, 0.1) is 6.92 Å². The minimum atomic E-state index is -0.254. The molecule has 3 aromatic rings. The number of benzene rings is 2. The number of aromatic amines is 1. The van der Waals surface area contributed by atoms with E-state index in [0.717, 1.165) is 11.3 Å². The highest BCUT2D eigenvalue weighted by Crippen LogP contribution is 2.24. The SMILES string of the molecule is Cc1ccc(-n2c(=O)[nH]c3cccc(O)c32)cc1. The van der Waals surface area contributed by atoms with E-state index in [9.17, 15) is 9.90 Å². The number of hydrogen-bond donors (Lipinski definition) is 2. The molecule has 0 unspecified atom stereocenters. The Morgan fingerprint density at radius 1 is 1.11 bits per heavy atom. The number of phenolic OH excluding ortho intramolecular Hbond substituents is 1. The molecule has 90 valence electrons. The maximum Gasteiger partial charge on any atom is 0.331 e. The highest BCUT2D eigenvalue weighted by Gasteiger charge is 2.11. The number of nitrogens with one attached hydrogen (secondary N) is 1. The predicted molar refractivity (Wildman–Crippen MR) is 70.3 cm³/mol. The zero-order valence-electron chi connectivity index (χ0n) is 9.84. The smallest absolute Gasteiger partial charge is 0.331 e. The lowest BCUT2D eigenvalue weighted by Crippen LogP contribution is -2.14. The summed E-state index contributed by atoms with van der Waals surface area (Å²) in [7, 11) is 0. The van der Waals surface area contributed by atoms with Crippen LogP contribution in [0.15, 0.2) is 47.3 Å². The van der Waals surface area contributed by atoms with E-state index in [1.807, 2.05) is 31.2 Å². The number of imidazole rings is 1. The summed E-state index contributed by atoms with van der Waals surface area (Å²) in [4.78, 5) is 14.7. The molecule has 0 saturated carbocycles. The van der Waals surface area contributed by atoms with Crippen molar-refractivity contribution in [2.24, 2.45) is 0 Å². The summed E-state index contributed by atoms with van der Waals surface area (Å²) in [5, 5.41) is 9.90. The monoisotopic (exact) mass is 240 g/mol. The summed E-state index contributed by atoms with van der Waals surface area (Å²) in [6.45, 7) is 1.99. The third kappa shape index (κ3) is 1.50. The van der Waals surface area contributed by atoms with Crippen LogP contribution >= 0.6 is 0 Å².